The summed E-state index contributed by atoms with van der Waals surface area (Å²) in [6.07, 6.45) is -4.37. The first-order valence-electron chi connectivity index (χ1n) is 3.78. The Morgan fingerprint density at radius 3 is 2.47 bits per heavy atom. The lowest BCUT2D eigenvalue weighted by Crippen LogP contribution is -2.40. The number of nitrogens with two attached hydrogens (primary N) is 2. The van der Waals surface area contributed by atoms with Gasteiger partial charge in [0, 0.05) is 4.88 Å². The molecule has 4 N–H and O–H groups in total. The van der Waals surface area contributed by atoms with Crippen LogP contribution in [0, 0.1) is 0 Å². The van der Waals surface area contributed by atoms with Gasteiger partial charge in [-0.3, -0.25) is 5.01 Å². The van der Waals surface area contributed by atoms with E-state index in [0.29, 0.717) is 21.2 Å². The van der Waals surface area contributed by atoms with E-state index in [9.17, 15) is 18.0 Å². The molecule has 0 aliphatic carbocycles. The van der Waals surface area contributed by atoms with Crippen molar-refractivity contribution >= 4 is 17.4 Å². The van der Waals surface area contributed by atoms with Crippen LogP contribution >= 0.6 is 11.3 Å². The summed E-state index contributed by atoms with van der Waals surface area (Å²) in [5.41, 5.74) is 4.82. The highest BCUT2D eigenvalue weighted by atomic mass is 32.1. The van der Waals surface area contributed by atoms with Crippen molar-refractivity contribution < 1.29 is 18.0 Å². The average molecular weight is 239 g/mol. The molecule has 0 fully saturated rings. The van der Waals surface area contributed by atoms with E-state index in [1.54, 1.807) is 0 Å². The fourth-order valence-electron chi connectivity index (χ4n) is 0.861. The van der Waals surface area contributed by atoms with E-state index in [-0.39, 0.29) is 6.54 Å². The Balaban J connectivity index is 2.73. The van der Waals surface area contributed by atoms with Gasteiger partial charge in [-0.25, -0.2) is 10.6 Å². The summed E-state index contributed by atoms with van der Waals surface area (Å²) in [4.78, 5) is 10.1. The van der Waals surface area contributed by atoms with Crippen LogP contribution in [0.2, 0.25) is 0 Å². The maximum Gasteiger partial charge on any atom is 0.425 e. The summed E-state index contributed by atoms with van der Waals surface area (Å²) >= 11 is 0.531. The van der Waals surface area contributed by atoms with Gasteiger partial charge in [-0.2, -0.15) is 13.2 Å². The number of nitrogens with zero attached hydrogens (tertiary/aromatic N) is 1. The number of rotatable bonds is 2. The number of alkyl halides is 3. The van der Waals surface area contributed by atoms with E-state index in [4.69, 9.17) is 11.6 Å². The van der Waals surface area contributed by atoms with Crippen molar-refractivity contribution in [1.29, 1.82) is 0 Å². The van der Waals surface area contributed by atoms with E-state index in [0.717, 1.165) is 6.07 Å². The van der Waals surface area contributed by atoms with Crippen LogP contribution in [0.15, 0.2) is 12.1 Å². The van der Waals surface area contributed by atoms with Gasteiger partial charge in [0.2, 0.25) is 0 Å². The van der Waals surface area contributed by atoms with Gasteiger partial charge in [-0.05, 0) is 12.1 Å². The summed E-state index contributed by atoms with van der Waals surface area (Å²) < 4.78 is 36.5. The van der Waals surface area contributed by atoms with Crippen molar-refractivity contribution in [3.8, 4) is 0 Å². The van der Waals surface area contributed by atoms with Gasteiger partial charge < -0.3 is 5.73 Å². The van der Waals surface area contributed by atoms with Gasteiger partial charge in [-0.15, -0.1) is 11.3 Å². The molecule has 0 aliphatic heterocycles. The fraction of sp³-hybridized carbons (Fsp3) is 0.286. The van der Waals surface area contributed by atoms with E-state index < -0.39 is 17.1 Å². The number of thiophene rings is 1. The van der Waals surface area contributed by atoms with E-state index in [2.05, 4.69) is 0 Å². The molecule has 1 aromatic rings. The number of primary amides is 1. The molecule has 1 rings (SSSR count). The maximum atomic E-state index is 12.2. The first-order chi connectivity index (χ1) is 6.80. The maximum absolute atomic E-state index is 12.2. The molecule has 0 saturated heterocycles. The van der Waals surface area contributed by atoms with Gasteiger partial charge in [0.1, 0.15) is 4.88 Å². The number of hydrogen-bond acceptors (Lipinski definition) is 3. The lowest BCUT2D eigenvalue weighted by molar-refractivity contribution is -0.134. The third kappa shape index (κ3) is 3.10. The second-order valence-electron chi connectivity index (χ2n) is 2.73. The molecule has 84 valence electrons. The molecule has 4 nitrogen and oxygen atoms in total. The Kier molecular flexibility index (Phi) is 3.20. The normalized spacial score (nSPS) is 11.5. The third-order valence-electron chi connectivity index (χ3n) is 1.55. The molecule has 2 amide bonds. The Labute approximate surface area is 87.2 Å². The summed E-state index contributed by atoms with van der Waals surface area (Å²) in [7, 11) is 0. The largest absolute Gasteiger partial charge is 0.425 e. The molecule has 0 aliphatic rings. The Bertz CT molecular complexity index is 363. The van der Waals surface area contributed by atoms with Crippen LogP contribution < -0.4 is 11.6 Å². The Morgan fingerprint density at radius 1 is 1.47 bits per heavy atom. The molecule has 0 atom stereocenters. The number of halogens is 3. The third-order valence-corrected chi connectivity index (χ3v) is 2.67. The topological polar surface area (TPSA) is 72.4 Å². The van der Waals surface area contributed by atoms with Crippen LogP contribution in [0.4, 0.5) is 18.0 Å². The van der Waals surface area contributed by atoms with Crippen molar-refractivity contribution in [3.05, 3.63) is 21.9 Å². The predicted octanol–water partition coefficient (Wildman–Crippen LogP) is 1.52. The molecular weight excluding hydrogens is 231 g/mol. The van der Waals surface area contributed by atoms with Crippen LogP contribution in [0.5, 0.6) is 0 Å². The van der Waals surface area contributed by atoms with Gasteiger partial charge >= 0.3 is 12.2 Å². The van der Waals surface area contributed by atoms with Crippen molar-refractivity contribution in [2.45, 2.75) is 12.7 Å². The molecule has 1 heterocycles. The van der Waals surface area contributed by atoms with Crippen molar-refractivity contribution in [1.82, 2.24) is 5.01 Å². The zero-order valence-corrected chi connectivity index (χ0v) is 8.23. The van der Waals surface area contributed by atoms with Gasteiger partial charge in [0.15, 0.2) is 0 Å². The number of hydrazine groups is 1. The first kappa shape index (κ1) is 11.8. The minimum Gasteiger partial charge on any atom is -0.350 e. The van der Waals surface area contributed by atoms with Crippen LogP contribution in [0.3, 0.4) is 0 Å². The molecule has 0 aromatic carbocycles. The second-order valence-corrected chi connectivity index (χ2v) is 3.90. The molecule has 0 radical (unpaired) electrons. The summed E-state index contributed by atoms with van der Waals surface area (Å²) in [6.45, 7) is -0.129. The number of carbonyl (C=O) groups is 1. The van der Waals surface area contributed by atoms with Gasteiger partial charge in [0.05, 0.1) is 6.54 Å². The first-order valence-corrected chi connectivity index (χ1v) is 4.60. The number of urea groups is 1. The van der Waals surface area contributed by atoms with Crippen LogP contribution in [0.1, 0.15) is 9.75 Å². The summed E-state index contributed by atoms with van der Waals surface area (Å²) in [5.74, 6) is 5.15. The van der Waals surface area contributed by atoms with Crippen molar-refractivity contribution in [2.75, 3.05) is 0 Å². The number of carbonyl (C=O) groups excluding carboxylic acids is 1. The Hall–Kier alpha value is -1.28. The molecule has 8 heteroatoms. The van der Waals surface area contributed by atoms with E-state index >= 15 is 0 Å². The minimum atomic E-state index is -4.37. The molecule has 0 unspecified atom stereocenters. The van der Waals surface area contributed by atoms with Crippen LogP contribution in [-0.4, -0.2) is 11.0 Å². The van der Waals surface area contributed by atoms with Crippen molar-refractivity contribution in [2.24, 2.45) is 11.6 Å². The Morgan fingerprint density at radius 2 is 2.07 bits per heavy atom. The molecule has 0 spiro atoms. The van der Waals surface area contributed by atoms with Gasteiger partial charge in [0.25, 0.3) is 0 Å². The summed E-state index contributed by atoms with van der Waals surface area (Å²) in [6, 6.07) is 1.31. The molecule has 15 heavy (non-hydrogen) atoms. The summed E-state index contributed by atoms with van der Waals surface area (Å²) in [5, 5.41) is 0.645. The number of amides is 2. The van der Waals surface area contributed by atoms with Crippen LogP contribution in [0.25, 0.3) is 0 Å². The van der Waals surface area contributed by atoms with Gasteiger partial charge in [-0.1, -0.05) is 0 Å². The smallest absolute Gasteiger partial charge is 0.350 e. The highest BCUT2D eigenvalue weighted by molar-refractivity contribution is 7.12. The minimum absolute atomic E-state index is 0.129. The highest BCUT2D eigenvalue weighted by Crippen LogP contribution is 2.34. The second kappa shape index (κ2) is 4.07. The quantitative estimate of drug-likeness (QED) is 0.466. The van der Waals surface area contributed by atoms with Crippen LogP contribution in [-0.2, 0) is 12.7 Å². The van der Waals surface area contributed by atoms with E-state index in [1.807, 2.05) is 0 Å². The molecule has 0 bridgehead atoms. The standard InChI is InChI=1S/C7H8F3N3OS/c8-7(9,10)5-2-1-4(15-5)3-13(12)6(11)14/h1-2H,3,12H2,(H2,11,14). The highest BCUT2D eigenvalue weighted by Gasteiger charge is 2.32. The molecule has 0 saturated carbocycles. The number of hydrogen-bond donors (Lipinski definition) is 2. The fourth-order valence-corrected chi connectivity index (χ4v) is 1.74. The van der Waals surface area contributed by atoms with E-state index in [1.165, 1.54) is 6.07 Å². The molecular formula is C7H8F3N3OS. The predicted molar refractivity (Wildman–Crippen MR) is 48.6 cm³/mol. The lowest BCUT2D eigenvalue weighted by atomic mass is 10.4. The monoisotopic (exact) mass is 239 g/mol. The zero-order valence-electron chi connectivity index (χ0n) is 7.41. The SMILES string of the molecule is NC(=O)N(N)Cc1ccc(C(F)(F)F)s1. The zero-order chi connectivity index (χ0) is 11.6. The van der Waals surface area contributed by atoms with Crippen molar-refractivity contribution in [3.63, 3.8) is 0 Å². The average Bonchev–Trinajstić information content (AvgIpc) is 2.51. The lowest BCUT2D eigenvalue weighted by Gasteiger charge is -2.11. The molecule has 1 aromatic heterocycles.